The summed E-state index contributed by atoms with van der Waals surface area (Å²) in [4.78, 5) is 61.9. The van der Waals surface area contributed by atoms with E-state index in [0.717, 1.165) is 0 Å². The Labute approximate surface area is 171 Å². The molecular weight excluding hydrogens is 402 g/mol. The number of nitrogens with zero attached hydrogens (tertiary/aromatic N) is 2. The summed E-state index contributed by atoms with van der Waals surface area (Å²) in [5.41, 5.74) is -0.363. The number of carbonyl (C=O) groups is 4. The number of alkyl carbamates (subject to hydrolysis) is 1. The summed E-state index contributed by atoms with van der Waals surface area (Å²) < 4.78 is 9.97. The monoisotopic (exact) mass is 423 g/mol. The molecule has 0 aromatic heterocycles. The molecule has 1 heterocycles. The largest absolute Gasteiger partial charge is 0.459 e. The maximum atomic E-state index is 12.1. The average Bonchev–Trinajstić information content (AvgIpc) is 2.66. The van der Waals surface area contributed by atoms with E-state index >= 15 is 0 Å². The number of hydrogen-bond donors (Lipinski definition) is 1. The van der Waals surface area contributed by atoms with E-state index in [1.807, 2.05) is 0 Å². The predicted octanol–water partition coefficient (Wildman–Crippen LogP) is 0.873. The minimum absolute atomic E-state index is 0.0980. The van der Waals surface area contributed by atoms with Crippen LogP contribution in [0.25, 0.3) is 0 Å². The second-order valence-electron chi connectivity index (χ2n) is 7.27. The van der Waals surface area contributed by atoms with E-state index in [1.165, 1.54) is 24.3 Å². The second kappa shape index (κ2) is 9.31. The number of hydroxylamine groups is 2. The van der Waals surface area contributed by atoms with Gasteiger partial charge in [0.1, 0.15) is 30.6 Å². The minimum Gasteiger partial charge on any atom is -0.459 e. The molecule has 0 aliphatic carbocycles. The maximum Gasteiger partial charge on any atom is 0.408 e. The molecule has 1 aromatic carbocycles. The van der Waals surface area contributed by atoms with Crippen LogP contribution in [0.2, 0.25) is 0 Å². The van der Waals surface area contributed by atoms with Crippen LogP contribution in [-0.2, 0) is 35.3 Å². The van der Waals surface area contributed by atoms with Crippen LogP contribution >= 0.6 is 0 Å². The van der Waals surface area contributed by atoms with Crippen molar-refractivity contribution < 1.29 is 38.4 Å². The van der Waals surface area contributed by atoms with Crippen molar-refractivity contribution in [1.29, 1.82) is 0 Å². The molecule has 1 aliphatic heterocycles. The Morgan fingerprint density at radius 3 is 2.43 bits per heavy atom. The van der Waals surface area contributed by atoms with Gasteiger partial charge in [-0.15, -0.1) is 0 Å². The summed E-state index contributed by atoms with van der Waals surface area (Å²) in [6.45, 7) is 4.12. The number of rotatable bonds is 8. The zero-order valence-electron chi connectivity index (χ0n) is 16.5. The number of nitrogens with one attached hydrogen (secondary N) is 1. The van der Waals surface area contributed by atoms with Crippen LogP contribution < -0.4 is 5.32 Å². The normalized spacial score (nSPS) is 18.2. The van der Waals surface area contributed by atoms with Crippen molar-refractivity contribution in [2.45, 2.75) is 45.1 Å². The molecule has 2 amide bonds. The van der Waals surface area contributed by atoms with Crippen molar-refractivity contribution >= 4 is 29.9 Å². The third kappa shape index (κ3) is 5.98. The fourth-order valence-corrected chi connectivity index (χ4v) is 2.39. The van der Waals surface area contributed by atoms with E-state index in [2.05, 4.69) is 5.32 Å². The predicted molar refractivity (Wildman–Crippen MR) is 98.7 cm³/mol. The highest BCUT2D eigenvalue weighted by Gasteiger charge is 2.50. The van der Waals surface area contributed by atoms with Gasteiger partial charge in [0.05, 0.1) is 4.92 Å². The fraction of sp³-hybridized carbons (Fsp3) is 0.444. The van der Waals surface area contributed by atoms with Crippen molar-refractivity contribution in [3.63, 3.8) is 0 Å². The third-order valence-electron chi connectivity index (χ3n) is 3.78. The molecule has 1 aliphatic rings. The summed E-state index contributed by atoms with van der Waals surface area (Å²) in [5, 5.41) is 13.5. The summed E-state index contributed by atoms with van der Waals surface area (Å²) in [6.07, 6.45) is -0.471. The molecule has 2 unspecified atom stereocenters. The van der Waals surface area contributed by atoms with Crippen molar-refractivity contribution in [1.82, 2.24) is 10.4 Å². The van der Waals surface area contributed by atoms with Gasteiger partial charge in [-0.25, -0.2) is 14.7 Å². The van der Waals surface area contributed by atoms with E-state index < -0.39 is 47.2 Å². The van der Waals surface area contributed by atoms with Crippen LogP contribution in [0.3, 0.4) is 0 Å². The van der Waals surface area contributed by atoms with Gasteiger partial charge in [0, 0.05) is 12.1 Å². The standard InChI is InChI=1S/C18H21N3O9/c1-18(2,3)30-17(25)19-15-13(8-22)20(16(15)24)29-10-14(23)28-9-11-4-6-12(7-5-11)21(26)27/h4-8,13,15H,9-10H2,1-3H3,(H,19,25). The van der Waals surface area contributed by atoms with Gasteiger partial charge in [0.25, 0.3) is 11.6 Å². The van der Waals surface area contributed by atoms with Gasteiger partial charge in [0.15, 0.2) is 6.61 Å². The average molecular weight is 423 g/mol. The highest BCUT2D eigenvalue weighted by atomic mass is 16.7. The van der Waals surface area contributed by atoms with Gasteiger partial charge in [-0.3, -0.25) is 19.7 Å². The molecule has 2 rings (SSSR count). The molecule has 0 radical (unpaired) electrons. The number of esters is 1. The first kappa shape index (κ1) is 22.7. The van der Waals surface area contributed by atoms with E-state index in [4.69, 9.17) is 14.3 Å². The number of nitro benzene ring substituents is 1. The molecule has 30 heavy (non-hydrogen) atoms. The SMILES string of the molecule is CC(C)(C)OC(=O)NC1C(=O)N(OCC(=O)OCc2ccc([N+](=O)[O-])cc2)C1C=O. The van der Waals surface area contributed by atoms with Crippen molar-refractivity contribution in [2.75, 3.05) is 6.61 Å². The van der Waals surface area contributed by atoms with Crippen LogP contribution in [0.1, 0.15) is 26.3 Å². The number of benzene rings is 1. The third-order valence-corrected chi connectivity index (χ3v) is 3.78. The second-order valence-corrected chi connectivity index (χ2v) is 7.27. The molecule has 0 bridgehead atoms. The van der Waals surface area contributed by atoms with Gasteiger partial charge in [-0.2, -0.15) is 0 Å². The van der Waals surface area contributed by atoms with E-state index in [0.29, 0.717) is 16.9 Å². The van der Waals surface area contributed by atoms with Crippen molar-refractivity contribution in [3.05, 3.63) is 39.9 Å². The first-order chi connectivity index (χ1) is 14.0. The molecule has 2 atom stereocenters. The number of ether oxygens (including phenoxy) is 2. The van der Waals surface area contributed by atoms with Crippen molar-refractivity contribution in [3.8, 4) is 0 Å². The first-order valence-electron chi connectivity index (χ1n) is 8.81. The molecule has 1 aromatic rings. The van der Waals surface area contributed by atoms with Crippen LogP contribution in [-0.4, -0.2) is 58.5 Å². The highest BCUT2D eigenvalue weighted by Crippen LogP contribution is 2.20. The zero-order chi connectivity index (χ0) is 22.5. The number of non-ortho nitro benzene ring substituents is 1. The smallest absolute Gasteiger partial charge is 0.408 e. The first-order valence-corrected chi connectivity index (χ1v) is 8.81. The van der Waals surface area contributed by atoms with Crippen LogP contribution in [0.5, 0.6) is 0 Å². The molecule has 0 saturated carbocycles. The Hall–Kier alpha value is -3.54. The van der Waals surface area contributed by atoms with Gasteiger partial charge in [-0.05, 0) is 38.5 Å². The molecule has 12 heteroatoms. The Balaban J connectivity index is 1.79. The maximum absolute atomic E-state index is 12.1. The van der Waals surface area contributed by atoms with E-state index in [-0.39, 0.29) is 12.3 Å². The molecule has 1 saturated heterocycles. The van der Waals surface area contributed by atoms with Gasteiger partial charge in [-0.1, -0.05) is 0 Å². The highest BCUT2D eigenvalue weighted by molar-refractivity contribution is 5.97. The lowest BCUT2D eigenvalue weighted by molar-refractivity contribution is -0.384. The number of nitro groups is 1. The number of β-lactam (4-membered cyclic amide) rings is 1. The van der Waals surface area contributed by atoms with Crippen LogP contribution in [0.4, 0.5) is 10.5 Å². The lowest BCUT2D eigenvalue weighted by Gasteiger charge is -2.42. The summed E-state index contributed by atoms with van der Waals surface area (Å²) in [7, 11) is 0. The molecule has 1 N–H and O–H groups in total. The Bertz CT molecular complexity index is 832. The van der Waals surface area contributed by atoms with Crippen molar-refractivity contribution in [2.24, 2.45) is 0 Å². The van der Waals surface area contributed by atoms with Crippen LogP contribution in [0, 0.1) is 10.1 Å². The number of hydrogen-bond acceptors (Lipinski definition) is 9. The summed E-state index contributed by atoms with van der Waals surface area (Å²) >= 11 is 0. The topological polar surface area (TPSA) is 154 Å². The Morgan fingerprint density at radius 1 is 1.27 bits per heavy atom. The van der Waals surface area contributed by atoms with E-state index in [9.17, 15) is 29.3 Å². The minimum atomic E-state index is -1.16. The number of carbonyl (C=O) groups excluding carboxylic acids is 4. The van der Waals surface area contributed by atoms with E-state index in [1.54, 1.807) is 20.8 Å². The molecule has 12 nitrogen and oxygen atoms in total. The van der Waals surface area contributed by atoms with Gasteiger partial charge < -0.3 is 19.6 Å². The quantitative estimate of drug-likeness (QED) is 0.211. The molecule has 1 fully saturated rings. The Morgan fingerprint density at radius 2 is 1.90 bits per heavy atom. The van der Waals surface area contributed by atoms with Gasteiger partial charge in [0.2, 0.25) is 0 Å². The van der Waals surface area contributed by atoms with Gasteiger partial charge >= 0.3 is 12.1 Å². The Kier molecular flexibility index (Phi) is 7.06. The number of amides is 2. The lowest BCUT2D eigenvalue weighted by atomic mass is 10.00. The fourth-order valence-electron chi connectivity index (χ4n) is 2.39. The molecule has 162 valence electrons. The lowest BCUT2D eigenvalue weighted by Crippen LogP contribution is -2.71. The summed E-state index contributed by atoms with van der Waals surface area (Å²) in [5.74, 6) is -1.55. The zero-order valence-corrected chi connectivity index (χ0v) is 16.5. The van der Waals surface area contributed by atoms with Crippen LogP contribution in [0.15, 0.2) is 24.3 Å². The number of aldehydes is 1. The molecular formula is C18H21N3O9. The summed E-state index contributed by atoms with van der Waals surface area (Å²) in [6, 6.07) is 3.12. The molecule has 0 spiro atoms.